The Morgan fingerprint density at radius 3 is 2.91 bits per heavy atom. The van der Waals surface area contributed by atoms with Gasteiger partial charge in [0.25, 0.3) is 5.91 Å². The fraction of sp³-hybridized carbons (Fsp3) is 0.529. The number of anilines is 1. The summed E-state index contributed by atoms with van der Waals surface area (Å²) in [6, 6.07) is 2.08. The molecule has 2 N–H and O–H groups in total. The molecule has 0 fully saturated rings. The SMILES string of the molecule is Cn1ccc2c1CCCC2C(=O)n1nc2c(c1N)CCCC2. The second-order valence-corrected chi connectivity index (χ2v) is 6.54. The highest BCUT2D eigenvalue weighted by atomic mass is 16.2. The highest BCUT2D eigenvalue weighted by molar-refractivity contribution is 5.88. The molecular formula is C17H22N4O. The first-order valence-electron chi connectivity index (χ1n) is 8.21. The van der Waals surface area contributed by atoms with E-state index >= 15 is 0 Å². The monoisotopic (exact) mass is 298 g/mol. The minimum Gasteiger partial charge on any atom is -0.383 e. The number of nitrogens with zero attached hydrogens (tertiary/aromatic N) is 3. The summed E-state index contributed by atoms with van der Waals surface area (Å²) in [6.45, 7) is 0. The van der Waals surface area contributed by atoms with Gasteiger partial charge >= 0.3 is 0 Å². The van der Waals surface area contributed by atoms with Gasteiger partial charge in [-0.15, -0.1) is 0 Å². The predicted octanol–water partition coefficient (Wildman–Crippen LogP) is 2.44. The Kier molecular flexibility index (Phi) is 3.10. The maximum atomic E-state index is 13.0. The van der Waals surface area contributed by atoms with Crippen LogP contribution in [0, 0.1) is 0 Å². The standard InChI is InChI=1S/C17H22N4O/c1-20-10-9-11-12(6-4-8-15(11)20)17(22)21-16(18)13-5-2-3-7-14(13)19-21/h9-10,12H,2-8,18H2,1H3. The highest BCUT2D eigenvalue weighted by Crippen LogP contribution is 2.35. The quantitative estimate of drug-likeness (QED) is 0.879. The maximum absolute atomic E-state index is 13.0. The molecular weight excluding hydrogens is 276 g/mol. The lowest BCUT2D eigenvalue weighted by Gasteiger charge is -2.22. The van der Waals surface area contributed by atoms with E-state index in [-0.39, 0.29) is 11.8 Å². The van der Waals surface area contributed by atoms with Crippen LogP contribution in [0.15, 0.2) is 12.3 Å². The number of carbonyl (C=O) groups is 1. The molecule has 0 bridgehead atoms. The van der Waals surface area contributed by atoms with E-state index in [2.05, 4.69) is 15.7 Å². The van der Waals surface area contributed by atoms with E-state index in [0.29, 0.717) is 5.82 Å². The lowest BCUT2D eigenvalue weighted by molar-refractivity contribution is 0.0854. The van der Waals surface area contributed by atoms with Crippen molar-refractivity contribution in [2.45, 2.75) is 50.9 Å². The van der Waals surface area contributed by atoms with Crippen molar-refractivity contribution in [2.24, 2.45) is 7.05 Å². The molecule has 2 heterocycles. The van der Waals surface area contributed by atoms with E-state index in [4.69, 9.17) is 5.73 Å². The molecule has 0 aromatic carbocycles. The van der Waals surface area contributed by atoms with Crippen molar-refractivity contribution in [3.8, 4) is 0 Å². The van der Waals surface area contributed by atoms with Gasteiger partial charge in [0.05, 0.1) is 11.6 Å². The number of aryl methyl sites for hydroxylation is 2. The Hall–Kier alpha value is -2.04. The van der Waals surface area contributed by atoms with E-state index in [1.165, 1.54) is 10.4 Å². The van der Waals surface area contributed by atoms with Crippen LogP contribution in [-0.4, -0.2) is 20.3 Å². The van der Waals surface area contributed by atoms with Gasteiger partial charge in [0, 0.05) is 24.5 Å². The summed E-state index contributed by atoms with van der Waals surface area (Å²) in [6.07, 6.45) is 9.22. The van der Waals surface area contributed by atoms with Crippen LogP contribution >= 0.6 is 0 Å². The average molecular weight is 298 g/mol. The summed E-state index contributed by atoms with van der Waals surface area (Å²) in [5.74, 6) is 0.510. The van der Waals surface area contributed by atoms with Crippen molar-refractivity contribution in [1.29, 1.82) is 0 Å². The van der Waals surface area contributed by atoms with Gasteiger partial charge in [-0.1, -0.05) is 0 Å². The van der Waals surface area contributed by atoms with E-state index in [0.717, 1.165) is 61.8 Å². The van der Waals surface area contributed by atoms with E-state index in [1.54, 1.807) is 0 Å². The Bertz CT molecular complexity index is 740. The van der Waals surface area contributed by atoms with Crippen LogP contribution in [-0.2, 0) is 26.3 Å². The molecule has 2 aromatic rings. The fourth-order valence-corrected chi connectivity index (χ4v) is 4.00. The molecule has 0 amide bonds. The molecule has 0 radical (unpaired) electrons. The Labute approximate surface area is 130 Å². The number of hydrogen-bond donors (Lipinski definition) is 1. The average Bonchev–Trinajstić information content (AvgIpc) is 3.08. The van der Waals surface area contributed by atoms with Crippen LogP contribution < -0.4 is 5.73 Å². The Morgan fingerprint density at radius 1 is 1.27 bits per heavy atom. The molecule has 116 valence electrons. The van der Waals surface area contributed by atoms with Crippen molar-refractivity contribution >= 4 is 11.7 Å². The zero-order valence-corrected chi connectivity index (χ0v) is 13.0. The van der Waals surface area contributed by atoms with Crippen LogP contribution in [0.2, 0.25) is 0 Å². The van der Waals surface area contributed by atoms with E-state index in [1.807, 2.05) is 13.2 Å². The summed E-state index contributed by atoms with van der Waals surface area (Å²) in [5.41, 5.74) is 10.8. The van der Waals surface area contributed by atoms with Crippen LogP contribution in [0.4, 0.5) is 5.82 Å². The van der Waals surface area contributed by atoms with Crippen LogP contribution in [0.5, 0.6) is 0 Å². The largest absolute Gasteiger partial charge is 0.383 e. The Balaban J connectivity index is 1.72. The molecule has 4 rings (SSSR count). The zero-order chi connectivity index (χ0) is 15.3. The van der Waals surface area contributed by atoms with Gasteiger partial charge in [0.2, 0.25) is 0 Å². The van der Waals surface area contributed by atoms with Crippen LogP contribution in [0.25, 0.3) is 0 Å². The molecule has 1 atom stereocenters. The minimum atomic E-state index is -0.103. The molecule has 5 nitrogen and oxygen atoms in total. The zero-order valence-electron chi connectivity index (χ0n) is 13.0. The smallest absolute Gasteiger partial charge is 0.256 e. The number of carbonyl (C=O) groups excluding carboxylic acids is 1. The van der Waals surface area contributed by atoms with Crippen molar-refractivity contribution in [3.63, 3.8) is 0 Å². The van der Waals surface area contributed by atoms with Crippen molar-refractivity contribution in [3.05, 3.63) is 34.8 Å². The number of rotatable bonds is 1. The number of nitrogen functional groups attached to an aromatic ring is 1. The molecule has 2 aromatic heterocycles. The molecule has 0 saturated carbocycles. The fourth-order valence-electron chi connectivity index (χ4n) is 4.00. The highest BCUT2D eigenvalue weighted by Gasteiger charge is 2.32. The first-order chi connectivity index (χ1) is 10.7. The van der Waals surface area contributed by atoms with Crippen LogP contribution in [0.1, 0.15) is 58.9 Å². The van der Waals surface area contributed by atoms with Crippen LogP contribution in [0.3, 0.4) is 0 Å². The second-order valence-electron chi connectivity index (χ2n) is 6.54. The van der Waals surface area contributed by atoms with Gasteiger partial charge in [0.15, 0.2) is 0 Å². The number of fused-ring (bicyclic) bond motifs is 2. The van der Waals surface area contributed by atoms with Gasteiger partial charge in [-0.2, -0.15) is 9.78 Å². The Morgan fingerprint density at radius 2 is 2.09 bits per heavy atom. The van der Waals surface area contributed by atoms with Gasteiger partial charge < -0.3 is 10.3 Å². The summed E-state index contributed by atoms with van der Waals surface area (Å²) >= 11 is 0. The third-order valence-electron chi connectivity index (χ3n) is 5.22. The molecule has 22 heavy (non-hydrogen) atoms. The van der Waals surface area contributed by atoms with Crippen molar-refractivity contribution in [2.75, 3.05) is 5.73 Å². The minimum absolute atomic E-state index is 0.0408. The molecule has 2 aliphatic rings. The maximum Gasteiger partial charge on any atom is 0.256 e. The first kappa shape index (κ1) is 13.6. The van der Waals surface area contributed by atoms with Gasteiger partial charge in [-0.3, -0.25) is 4.79 Å². The van der Waals surface area contributed by atoms with Crippen molar-refractivity contribution < 1.29 is 4.79 Å². The first-order valence-corrected chi connectivity index (χ1v) is 8.21. The van der Waals surface area contributed by atoms with E-state index in [9.17, 15) is 4.79 Å². The second kappa shape index (κ2) is 5.00. The number of aromatic nitrogens is 3. The third kappa shape index (κ3) is 1.91. The molecule has 1 unspecified atom stereocenters. The molecule has 0 aliphatic heterocycles. The predicted molar refractivity (Wildman–Crippen MR) is 85.0 cm³/mol. The third-order valence-corrected chi connectivity index (χ3v) is 5.22. The summed E-state index contributed by atoms with van der Waals surface area (Å²) < 4.78 is 3.62. The molecule has 5 heteroatoms. The summed E-state index contributed by atoms with van der Waals surface area (Å²) in [4.78, 5) is 13.0. The van der Waals surface area contributed by atoms with Gasteiger partial charge in [-0.05, 0) is 56.6 Å². The molecule has 0 spiro atoms. The molecule has 2 aliphatic carbocycles. The van der Waals surface area contributed by atoms with E-state index < -0.39 is 0 Å². The number of nitrogens with two attached hydrogens (primary N) is 1. The normalized spacial score (nSPS) is 20.5. The van der Waals surface area contributed by atoms with Crippen molar-refractivity contribution in [1.82, 2.24) is 14.3 Å². The van der Waals surface area contributed by atoms with Gasteiger partial charge in [0.1, 0.15) is 5.82 Å². The lowest BCUT2D eigenvalue weighted by Crippen LogP contribution is -2.26. The summed E-state index contributed by atoms with van der Waals surface area (Å²) in [5, 5.41) is 4.54. The topological polar surface area (TPSA) is 65.8 Å². The van der Waals surface area contributed by atoms with Gasteiger partial charge in [-0.25, -0.2) is 0 Å². The number of hydrogen-bond acceptors (Lipinski definition) is 3. The summed E-state index contributed by atoms with van der Waals surface area (Å²) in [7, 11) is 2.05. The lowest BCUT2D eigenvalue weighted by atomic mass is 9.86. The molecule has 0 saturated heterocycles.